The van der Waals surface area contributed by atoms with Crippen LogP contribution >= 0.6 is 34.8 Å². The summed E-state index contributed by atoms with van der Waals surface area (Å²) < 4.78 is 106. The Bertz CT molecular complexity index is 4410. The van der Waals surface area contributed by atoms with Gasteiger partial charge in [0.25, 0.3) is 9.70 Å². The molecule has 5 aliphatic heterocycles. The number of rotatable bonds is 30. The van der Waals surface area contributed by atoms with Crippen LogP contribution in [0.15, 0.2) is 248 Å². The Balaban J connectivity index is 0.846. The highest BCUT2D eigenvalue weighted by Crippen LogP contribution is 2.47. The summed E-state index contributed by atoms with van der Waals surface area (Å²) in [6.07, 6.45) is -22.0. The number of carbonyl (C=O) groups excluding carboxylic acids is 3. The molecule has 0 bridgehead atoms. The molecule has 6 aliphatic rings. The van der Waals surface area contributed by atoms with Crippen LogP contribution in [-0.2, 0) is 112 Å². The average Bonchev–Trinajstić information content (AvgIpc) is 0.962. The van der Waals surface area contributed by atoms with Crippen molar-refractivity contribution in [2.45, 2.75) is 159 Å². The fourth-order valence-corrected chi connectivity index (χ4v) is 14.8. The van der Waals surface area contributed by atoms with Gasteiger partial charge in [0, 0.05) is 22.0 Å². The van der Waals surface area contributed by atoms with Gasteiger partial charge in [-0.1, -0.05) is 283 Å². The zero-order chi connectivity index (χ0) is 77.6. The van der Waals surface area contributed by atoms with E-state index in [2.05, 4.69) is 27.2 Å². The molecule has 112 heavy (non-hydrogen) atoms. The summed E-state index contributed by atoms with van der Waals surface area (Å²) in [7, 11) is 0. The van der Waals surface area contributed by atoms with Crippen LogP contribution in [0.3, 0.4) is 0 Å². The van der Waals surface area contributed by atoms with Gasteiger partial charge in [-0.3, -0.25) is 4.79 Å². The monoisotopic (exact) mass is 1590 g/mol. The quantitative estimate of drug-likeness (QED) is 0.00941. The number of nitrogens with zero attached hydrogens (tertiary/aromatic N) is 3. The number of esters is 1. The molecule has 5 heterocycles. The molecule has 0 radical (unpaired) electrons. The van der Waals surface area contributed by atoms with Crippen LogP contribution in [0.25, 0.3) is 21.6 Å². The standard InChI is InChI=1S/C84H84Cl3N5O20/c1-3-42-98-75(93)66(90-82(95)104-47-62-60-40-24-22-38-58(60)59-39-23-25-41-61(59)62)51(2)105-81-83(96,91-92-88)74(70-65(108-81)50-103-77(111-70)57-36-20-9-21-37-57)112-78-67(89-80(94)84(85,86)87)71(99-44-53-28-12-5-13-29-53)68(63(106-78)48-97-43-52-26-10-4-11-27-52)110-79-73(101-46-55-32-16-7-17-33-55)72(100-45-54-30-14-6-15-31-54)69-64(107-79)49-102-76(109-69)56-34-18-8-19-35-56/h3-41,51,62-74,76-79,81,96H,1,42-50H2,2H3,(H,89,94)(H,90,95)/t51-,63-,64-,65-,66+,67-,68-,69+,70+,71-,72+,73-,74+,76?,77?,78+,79+,81+,83-/m1/s1. The molecule has 0 spiro atoms. The minimum Gasteiger partial charge on any atom is -0.460 e. The van der Waals surface area contributed by atoms with Gasteiger partial charge in [-0.15, -0.1) is 0 Å². The summed E-state index contributed by atoms with van der Waals surface area (Å²) in [5, 5.41) is 23.2. The Morgan fingerprint density at radius 3 is 1.62 bits per heavy atom. The van der Waals surface area contributed by atoms with Crippen molar-refractivity contribution in [2.24, 2.45) is 5.11 Å². The predicted molar refractivity (Wildman–Crippen MR) is 407 cm³/mol. The van der Waals surface area contributed by atoms with Gasteiger partial charge in [0.2, 0.25) is 5.72 Å². The van der Waals surface area contributed by atoms with E-state index in [1.54, 1.807) is 30.3 Å². The maximum Gasteiger partial charge on any atom is 0.407 e. The molecule has 0 saturated carbocycles. The van der Waals surface area contributed by atoms with Gasteiger partial charge in [0.15, 0.2) is 37.5 Å². The minimum atomic E-state index is -3.11. The number of alkyl halides is 3. The number of fused-ring (bicyclic) bond motifs is 5. The SMILES string of the molecule is C=CCOC(=O)[C@@H](NC(=O)OCC1c2ccccc2-c2ccccc21)[C@@H](C)O[C@H]1O[C@@H]2COC(c3ccccc3)O[C@@H]2[C@H](O[C@@H]2O[C@H](COCc3ccccc3)[C@@H](O[C@@H]3O[C@@H]4COC(c5ccccc5)O[C@@H]4[C@H](OCc4ccccc4)[C@H]3OCc3ccccc3)[C@H](OCc3ccccc3)[C@H]2NC(=O)C(Cl)(Cl)Cl)[C@]1(O)N=[N+]=[N-]. The molecule has 3 N–H and O–H groups in total. The summed E-state index contributed by atoms with van der Waals surface area (Å²) in [6, 6.07) is 67.9. The van der Waals surface area contributed by atoms with Crippen LogP contribution in [0.4, 0.5) is 4.79 Å². The molecule has 8 aromatic rings. The van der Waals surface area contributed by atoms with Crippen LogP contribution in [0.2, 0.25) is 0 Å². The highest BCUT2D eigenvalue weighted by molar-refractivity contribution is 6.76. The van der Waals surface area contributed by atoms with Gasteiger partial charge < -0.3 is 91.5 Å². The van der Waals surface area contributed by atoms with Crippen molar-refractivity contribution in [2.75, 3.05) is 33.0 Å². The molecule has 2 amide bonds. The predicted octanol–water partition coefficient (Wildman–Crippen LogP) is 13.0. The maximum atomic E-state index is 14.9. The second kappa shape index (κ2) is 37.5. The molecule has 28 heteroatoms. The van der Waals surface area contributed by atoms with Crippen LogP contribution in [-0.4, -0.2) is 164 Å². The Hall–Kier alpha value is -8.71. The van der Waals surface area contributed by atoms with Crippen molar-refractivity contribution < 1.29 is 95.3 Å². The Kier molecular flexibility index (Phi) is 26.8. The largest absolute Gasteiger partial charge is 0.460 e. The van der Waals surface area contributed by atoms with Crippen molar-refractivity contribution in [3.63, 3.8) is 0 Å². The topological polar surface area (TPSA) is 292 Å². The highest BCUT2D eigenvalue weighted by Gasteiger charge is 2.64. The molecule has 2 unspecified atom stereocenters. The molecule has 1 aliphatic carbocycles. The molecule has 8 aromatic carbocycles. The normalized spacial score (nSPS) is 27.9. The second-order valence-electron chi connectivity index (χ2n) is 27.6. The number of hydrogen-bond acceptors (Lipinski definition) is 21. The molecule has 25 nitrogen and oxygen atoms in total. The Morgan fingerprint density at radius 1 is 0.589 bits per heavy atom. The third kappa shape index (κ3) is 19.0. The lowest BCUT2D eigenvalue weighted by Crippen LogP contribution is -2.73. The number of alkyl carbamates (subject to hydrolysis) is 1. The summed E-state index contributed by atoms with van der Waals surface area (Å²) in [4.78, 5) is 46.6. The number of nitrogens with one attached hydrogen (secondary N) is 2. The number of aliphatic hydroxyl groups is 1. The molecular weight excluding hydrogens is 1510 g/mol. The van der Waals surface area contributed by atoms with E-state index >= 15 is 0 Å². The third-order valence-electron chi connectivity index (χ3n) is 20.1. The summed E-state index contributed by atoms with van der Waals surface area (Å²) >= 11 is 19.7. The summed E-state index contributed by atoms with van der Waals surface area (Å²) in [5.74, 6) is -2.60. The van der Waals surface area contributed by atoms with Crippen molar-refractivity contribution in [3.8, 4) is 11.1 Å². The second-order valence-corrected chi connectivity index (χ2v) is 29.8. The molecule has 14 rings (SSSR count). The van der Waals surface area contributed by atoms with Crippen molar-refractivity contribution >= 4 is 52.8 Å². The number of hydrogen-bond donors (Lipinski definition) is 3. The van der Waals surface area contributed by atoms with Crippen molar-refractivity contribution in [3.05, 3.63) is 298 Å². The third-order valence-corrected chi connectivity index (χ3v) is 20.6. The fourth-order valence-electron chi connectivity index (χ4n) is 14.6. The number of carbonyl (C=O) groups is 3. The van der Waals surface area contributed by atoms with Gasteiger partial charge in [-0.05, 0) is 57.0 Å². The zero-order valence-electron chi connectivity index (χ0n) is 60.7. The summed E-state index contributed by atoms with van der Waals surface area (Å²) in [6.45, 7) is 3.90. The smallest absolute Gasteiger partial charge is 0.407 e. The lowest BCUT2D eigenvalue weighted by atomic mass is 9.91. The Labute approximate surface area is 661 Å². The van der Waals surface area contributed by atoms with Gasteiger partial charge >= 0.3 is 12.1 Å². The average molecular weight is 1590 g/mol. The van der Waals surface area contributed by atoms with E-state index in [1.165, 1.54) is 13.0 Å². The lowest BCUT2D eigenvalue weighted by molar-refractivity contribution is -0.419. The maximum absolute atomic E-state index is 14.9. The van der Waals surface area contributed by atoms with Crippen LogP contribution < -0.4 is 10.6 Å². The minimum absolute atomic E-state index is 0.0184. The van der Waals surface area contributed by atoms with E-state index < -0.39 is 138 Å². The van der Waals surface area contributed by atoms with Crippen LogP contribution in [0.1, 0.15) is 69.9 Å². The molecule has 19 atom stereocenters. The van der Waals surface area contributed by atoms with E-state index in [9.17, 15) is 25.0 Å². The molecule has 5 fully saturated rings. The molecular formula is C84H84Cl3N5O20. The van der Waals surface area contributed by atoms with Gasteiger partial charge in [0.05, 0.1) is 52.4 Å². The van der Waals surface area contributed by atoms with Crippen LogP contribution in [0.5, 0.6) is 0 Å². The van der Waals surface area contributed by atoms with E-state index in [1.807, 2.05) is 200 Å². The lowest BCUT2D eigenvalue weighted by Gasteiger charge is -2.54. The first kappa shape index (κ1) is 79.9. The molecule has 586 valence electrons. The number of azide groups is 1. The number of benzene rings is 8. The van der Waals surface area contributed by atoms with Crippen LogP contribution in [0, 0.1) is 0 Å². The van der Waals surface area contributed by atoms with Gasteiger partial charge in [-0.2, -0.15) is 0 Å². The van der Waals surface area contributed by atoms with Crippen molar-refractivity contribution in [1.29, 1.82) is 0 Å². The number of halogens is 3. The van der Waals surface area contributed by atoms with E-state index in [4.69, 9.17) is 111 Å². The first-order valence-corrected chi connectivity index (χ1v) is 37.9. The zero-order valence-corrected chi connectivity index (χ0v) is 63.0. The van der Waals surface area contributed by atoms with E-state index in [0.29, 0.717) is 11.1 Å². The summed E-state index contributed by atoms with van der Waals surface area (Å²) in [5.41, 5.74) is 15.9. The Morgan fingerprint density at radius 2 is 1.08 bits per heavy atom. The first-order valence-electron chi connectivity index (χ1n) is 36.8. The first-order chi connectivity index (χ1) is 54.6. The van der Waals surface area contributed by atoms with Crippen molar-refractivity contribution in [1.82, 2.24) is 10.6 Å². The van der Waals surface area contributed by atoms with E-state index in [0.717, 1.165) is 44.5 Å². The van der Waals surface area contributed by atoms with Gasteiger partial charge in [-0.25, -0.2) is 9.59 Å². The fraction of sp³-hybridized carbons (Fsp3) is 0.369. The number of amides is 2. The highest BCUT2D eigenvalue weighted by atomic mass is 35.6. The van der Waals surface area contributed by atoms with E-state index in [-0.39, 0.29) is 65.4 Å². The number of ether oxygens (including phenoxy) is 16. The van der Waals surface area contributed by atoms with Gasteiger partial charge in [0.1, 0.15) is 80.3 Å². The molecule has 0 aromatic heterocycles. The molecule has 5 saturated heterocycles.